The molecule has 0 bridgehead atoms. The summed E-state index contributed by atoms with van der Waals surface area (Å²) in [5, 5.41) is 13.9. The average molecular weight is 649 g/mol. The van der Waals surface area contributed by atoms with E-state index in [1.54, 1.807) is 16.8 Å². The average Bonchev–Trinajstić information content (AvgIpc) is 3.36. The number of ether oxygens (including phenoxy) is 2. The van der Waals surface area contributed by atoms with Gasteiger partial charge in [-0.2, -0.15) is 4.98 Å². The van der Waals surface area contributed by atoms with Crippen LogP contribution in [0.3, 0.4) is 0 Å². The summed E-state index contributed by atoms with van der Waals surface area (Å²) in [4.78, 5) is 21.0. The number of H-pyrrole nitrogens is 1. The smallest absolute Gasteiger partial charge is 0.373 e. The van der Waals surface area contributed by atoms with Gasteiger partial charge in [-0.3, -0.25) is 9.51 Å². The van der Waals surface area contributed by atoms with Crippen molar-refractivity contribution in [3.63, 3.8) is 0 Å². The maximum Gasteiger partial charge on any atom is 0.439 e. The first-order valence-corrected chi connectivity index (χ1v) is 19.0. The van der Waals surface area contributed by atoms with Crippen molar-refractivity contribution in [1.82, 2.24) is 30.1 Å². The predicted molar refractivity (Wildman–Crippen MR) is 164 cm³/mol. The zero-order valence-corrected chi connectivity index (χ0v) is 27.0. The van der Waals surface area contributed by atoms with Crippen molar-refractivity contribution >= 4 is 37.2 Å². The van der Waals surface area contributed by atoms with Crippen LogP contribution in [-0.4, -0.2) is 63.9 Å². The molecule has 0 radical (unpaired) electrons. The Morgan fingerprint density at radius 1 is 1.07 bits per heavy atom. The fraction of sp³-hybridized carbons (Fsp3) is 0.536. The van der Waals surface area contributed by atoms with Crippen LogP contribution in [0.1, 0.15) is 42.9 Å². The molecule has 0 atom stereocenters. The van der Waals surface area contributed by atoms with Crippen molar-refractivity contribution in [2.75, 3.05) is 24.6 Å². The van der Waals surface area contributed by atoms with E-state index >= 15 is 0 Å². The summed E-state index contributed by atoms with van der Waals surface area (Å²) in [6, 6.07) is 6.44. The first-order valence-electron chi connectivity index (χ1n) is 14.5. The molecule has 15 heteroatoms. The first kappa shape index (κ1) is 30.1. The lowest BCUT2D eigenvalue weighted by atomic mass is 10.0. The Morgan fingerprint density at radius 2 is 1.81 bits per heavy atom. The van der Waals surface area contributed by atoms with E-state index in [2.05, 4.69) is 44.8 Å². The Kier molecular flexibility index (Phi) is 8.78. The Bertz CT molecular complexity index is 1600. The number of nitrogens with zero attached hydrogens (tertiary/aromatic N) is 6. The van der Waals surface area contributed by atoms with Gasteiger partial charge in [0, 0.05) is 44.8 Å². The van der Waals surface area contributed by atoms with Gasteiger partial charge in [-0.1, -0.05) is 59.2 Å². The van der Waals surface area contributed by atoms with E-state index in [0.717, 1.165) is 43.1 Å². The molecule has 2 fully saturated rings. The van der Waals surface area contributed by atoms with Gasteiger partial charge in [0.05, 0.1) is 22.8 Å². The number of hydrogen-bond donors (Lipinski definition) is 1. The Labute approximate surface area is 259 Å². The lowest BCUT2D eigenvalue weighted by Gasteiger charge is -2.31. The maximum absolute atomic E-state index is 11.6. The molecule has 43 heavy (non-hydrogen) atoms. The van der Waals surface area contributed by atoms with E-state index in [1.807, 2.05) is 6.07 Å². The zero-order valence-electron chi connectivity index (χ0n) is 24.4. The van der Waals surface area contributed by atoms with Crippen LogP contribution in [0.25, 0.3) is 22.9 Å². The number of benzene rings is 1. The SMILES string of the molecule is C[Si](C)(C)CCOCn1nc(N2CCC(OCc3c(-c4c(Cl)cccc4Cl)noc3C3CC3)CC2)nc1-c1noc(=O)[nH]1. The summed E-state index contributed by atoms with van der Waals surface area (Å²) in [5.74, 6) is 1.71. The first-order chi connectivity index (χ1) is 20.7. The monoisotopic (exact) mass is 647 g/mol. The third kappa shape index (κ3) is 7.06. The third-order valence-corrected chi connectivity index (χ3v) is 10.0. The van der Waals surface area contributed by atoms with Crippen LogP contribution in [0.15, 0.2) is 32.0 Å². The second-order valence-electron chi connectivity index (χ2n) is 12.3. The lowest BCUT2D eigenvalue weighted by molar-refractivity contribution is 0.0244. The summed E-state index contributed by atoms with van der Waals surface area (Å²) in [7, 11) is -1.24. The fourth-order valence-corrected chi connectivity index (χ4v) is 6.39. The minimum atomic E-state index is -1.24. The normalized spacial score (nSPS) is 16.3. The number of rotatable bonds is 12. The number of nitrogens with one attached hydrogen (secondary N) is 1. The quantitative estimate of drug-likeness (QED) is 0.145. The van der Waals surface area contributed by atoms with E-state index in [-0.39, 0.29) is 18.7 Å². The largest absolute Gasteiger partial charge is 0.439 e. The topological polar surface area (TPSA) is 137 Å². The van der Waals surface area contributed by atoms with Gasteiger partial charge >= 0.3 is 5.76 Å². The van der Waals surface area contributed by atoms with Crippen molar-refractivity contribution in [3.8, 4) is 22.9 Å². The van der Waals surface area contributed by atoms with E-state index in [1.165, 1.54) is 0 Å². The Balaban J connectivity index is 1.11. The number of aromatic nitrogens is 6. The number of piperidine rings is 1. The van der Waals surface area contributed by atoms with Crippen molar-refractivity contribution < 1.29 is 18.5 Å². The second kappa shape index (κ2) is 12.6. The van der Waals surface area contributed by atoms with Crippen LogP contribution < -0.4 is 10.7 Å². The third-order valence-electron chi connectivity index (χ3n) is 7.68. The van der Waals surface area contributed by atoms with Crippen molar-refractivity contribution in [1.29, 1.82) is 0 Å². The summed E-state index contributed by atoms with van der Waals surface area (Å²) in [6.07, 6.45) is 3.74. The molecule has 1 aliphatic heterocycles. The van der Waals surface area contributed by atoms with Crippen molar-refractivity contribution in [2.24, 2.45) is 0 Å². The molecule has 0 unspecified atom stereocenters. The summed E-state index contributed by atoms with van der Waals surface area (Å²) >= 11 is 13.0. The second-order valence-corrected chi connectivity index (χ2v) is 18.7. The molecule has 3 aromatic heterocycles. The van der Waals surface area contributed by atoms with E-state index in [9.17, 15) is 4.79 Å². The molecule has 1 aliphatic carbocycles. The molecule has 4 heterocycles. The molecule has 230 valence electrons. The highest BCUT2D eigenvalue weighted by Crippen LogP contribution is 2.46. The molecule has 0 spiro atoms. The molecule has 1 saturated carbocycles. The van der Waals surface area contributed by atoms with Crippen LogP contribution in [0.5, 0.6) is 0 Å². The van der Waals surface area contributed by atoms with Gasteiger partial charge in [-0.15, -0.1) is 5.10 Å². The standard InChI is InChI=1S/C28H35Cl2N7O5Si/c1-43(2,3)14-13-39-16-37-26(25-31-28(38)42-35-25)32-27(33-37)36-11-9-18(10-12-36)40-15-19-23(34-41-24(19)17-7-8-17)22-20(29)5-4-6-21(22)30/h4-6,17-18H,7-16H2,1-3H3,(H,31,35,38). The molecular formula is C28H35Cl2N7O5Si. The van der Waals surface area contributed by atoms with Gasteiger partial charge in [0.15, 0.2) is 0 Å². The number of hydrogen-bond acceptors (Lipinski definition) is 10. The molecule has 2 aliphatic rings. The summed E-state index contributed by atoms with van der Waals surface area (Å²) in [5.41, 5.74) is 2.24. The molecule has 4 aromatic rings. The molecule has 1 saturated heterocycles. The van der Waals surface area contributed by atoms with Crippen molar-refractivity contribution in [2.45, 2.75) is 76.7 Å². The van der Waals surface area contributed by atoms with Crippen LogP contribution in [0.2, 0.25) is 35.7 Å². The molecule has 0 amide bonds. The minimum absolute atomic E-state index is 0.0334. The van der Waals surface area contributed by atoms with E-state index < -0.39 is 13.8 Å². The molecule has 6 rings (SSSR count). The van der Waals surface area contributed by atoms with Crippen LogP contribution in [0, 0.1) is 0 Å². The highest BCUT2D eigenvalue weighted by Gasteiger charge is 2.34. The number of aromatic amines is 1. The lowest BCUT2D eigenvalue weighted by Crippen LogP contribution is -2.37. The van der Waals surface area contributed by atoms with Gasteiger partial charge < -0.3 is 18.9 Å². The van der Waals surface area contributed by atoms with Crippen LogP contribution in [0.4, 0.5) is 5.95 Å². The van der Waals surface area contributed by atoms with Gasteiger partial charge in [0.2, 0.25) is 17.6 Å². The van der Waals surface area contributed by atoms with Gasteiger partial charge in [-0.05, 0) is 43.9 Å². The minimum Gasteiger partial charge on any atom is -0.373 e. The maximum atomic E-state index is 11.6. The highest BCUT2D eigenvalue weighted by molar-refractivity contribution is 6.76. The van der Waals surface area contributed by atoms with Gasteiger partial charge in [0.25, 0.3) is 0 Å². The fourth-order valence-electron chi connectivity index (χ4n) is 5.06. The molecule has 12 nitrogen and oxygen atoms in total. The predicted octanol–water partition coefficient (Wildman–Crippen LogP) is 5.96. The van der Waals surface area contributed by atoms with Gasteiger partial charge in [0.1, 0.15) is 18.2 Å². The Morgan fingerprint density at radius 3 is 2.47 bits per heavy atom. The van der Waals surface area contributed by atoms with Crippen LogP contribution >= 0.6 is 23.2 Å². The zero-order chi connectivity index (χ0) is 30.1. The molecule has 1 aromatic carbocycles. The Hall–Kier alpha value is -2.97. The van der Waals surface area contributed by atoms with E-state index in [0.29, 0.717) is 65.3 Å². The molecular weight excluding hydrogens is 613 g/mol. The van der Waals surface area contributed by atoms with Gasteiger partial charge in [-0.25, -0.2) is 9.48 Å². The highest BCUT2D eigenvalue weighted by atomic mass is 35.5. The summed E-state index contributed by atoms with van der Waals surface area (Å²) < 4.78 is 24.5. The number of anilines is 1. The van der Waals surface area contributed by atoms with Crippen LogP contribution in [-0.2, 0) is 22.8 Å². The molecule has 1 N–H and O–H groups in total. The summed E-state index contributed by atoms with van der Waals surface area (Å²) in [6.45, 7) is 9.48. The number of halogens is 2. The van der Waals surface area contributed by atoms with Crippen molar-refractivity contribution in [3.05, 3.63) is 50.1 Å². The van der Waals surface area contributed by atoms with E-state index in [4.69, 9.17) is 46.8 Å².